The molecule has 28 heavy (non-hydrogen) atoms. The van der Waals surface area contributed by atoms with Crippen LogP contribution in [0.15, 0.2) is 42.5 Å². The molecule has 3 rings (SSSR count). The number of carbonyl (C=O) groups is 1. The first-order chi connectivity index (χ1) is 13.7. The van der Waals surface area contributed by atoms with Gasteiger partial charge in [-0.1, -0.05) is 0 Å². The SMILES string of the molecule is COCCOc1cc(NC(=O)c2ccc(N3CCOCC3)cc2)ccc1OC. The highest BCUT2D eigenvalue weighted by Crippen LogP contribution is 2.30. The highest BCUT2D eigenvalue weighted by Gasteiger charge is 2.13. The summed E-state index contributed by atoms with van der Waals surface area (Å²) in [6, 6.07) is 12.9. The Hall–Kier alpha value is -2.77. The van der Waals surface area contributed by atoms with Crippen LogP contribution in [0.4, 0.5) is 11.4 Å². The normalized spacial score (nSPS) is 13.9. The van der Waals surface area contributed by atoms with Gasteiger partial charge in [0.1, 0.15) is 6.61 Å². The van der Waals surface area contributed by atoms with Gasteiger partial charge in [0.15, 0.2) is 11.5 Å². The summed E-state index contributed by atoms with van der Waals surface area (Å²) in [5.41, 5.74) is 2.32. The summed E-state index contributed by atoms with van der Waals surface area (Å²) in [5.74, 6) is 0.977. The average molecular weight is 386 g/mol. The highest BCUT2D eigenvalue weighted by molar-refractivity contribution is 6.04. The van der Waals surface area contributed by atoms with E-state index in [1.165, 1.54) is 0 Å². The van der Waals surface area contributed by atoms with Crippen molar-refractivity contribution in [2.45, 2.75) is 0 Å². The summed E-state index contributed by atoms with van der Waals surface area (Å²) < 4.78 is 21.3. The van der Waals surface area contributed by atoms with E-state index in [0.717, 1.165) is 32.0 Å². The van der Waals surface area contributed by atoms with Crippen molar-refractivity contribution in [2.24, 2.45) is 0 Å². The van der Waals surface area contributed by atoms with Crippen molar-refractivity contribution < 1.29 is 23.7 Å². The first kappa shape index (κ1) is 20.0. The predicted octanol–water partition coefficient (Wildman–Crippen LogP) is 2.81. The van der Waals surface area contributed by atoms with Gasteiger partial charge in [0.05, 0.1) is 26.9 Å². The summed E-state index contributed by atoms with van der Waals surface area (Å²) in [5, 5.41) is 2.90. The van der Waals surface area contributed by atoms with Crippen LogP contribution in [-0.2, 0) is 9.47 Å². The minimum Gasteiger partial charge on any atom is -0.493 e. The molecule has 2 aromatic rings. The van der Waals surface area contributed by atoms with Crippen LogP contribution in [0.25, 0.3) is 0 Å². The number of ether oxygens (including phenoxy) is 4. The molecule has 0 aromatic heterocycles. The summed E-state index contributed by atoms with van der Waals surface area (Å²) in [6.07, 6.45) is 0. The fourth-order valence-corrected chi connectivity index (χ4v) is 2.95. The fourth-order valence-electron chi connectivity index (χ4n) is 2.95. The van der Waals surface area contributed by atoms with Crippen molar-refractivity contribution >= 4 is 17.3 Å². The van der Waals surface area contributed by atoms with Crippen LogP contribution >= 0.6 is 0 Å². The number of nitrogens with zero attached hydrogens (tertiary/aromatic N) is 1. The van der Waals surface area contributed by atoms with Gasteiger partial charge in [0.2, 0.25) is 0 Å². The Morgan fingerprint density at radius 3 is 2.46 bits per heavy atom. The number of hydrogen-bond donors (Lipinski definition) is 1. The largest absolute Gasteiger partial charge is 0.493 e. The molecule has 1 amide bonds. The van der Waals surface area contributed by atoms with Crippen LogP contribution in [0, 0.1) is 0 Å². The molecule has 0 atom stereocenters. The number of benzene rings is 2. The van der Waals surface area contributed by atoms with Crippen LogP contribution in [0.3, 0.4) is 0 Å². The van der Waals surface area contributed by atoms with E-state index in [9.17, 15) is 4.79 Å². The van der Waals surface area contributed by atoms with Crippen molar-refractivity contribution in [3.05, 3.63) is 48.0 Å². The van der Waals surface area contributed by atoms with Gasteiger partial charge in [-0.25, -0.2) is 0 Å². The summed E-state index contributed by atoms with van der Waals surface area (Å²) >= 11 is 0. The fraction of sp³-hybridized carbons (Fsp3) is 0.381. The molecule has 1 aliphatic rings. The Morgan fingerprint density at radius 1 is 1.04 bits per heavy atom. The summed E-state index contributed by atoms with van der Waals surface area (Å²) in [7, 11) is 3.19. The molecule has 7 heteroatoms. The molecular formula is C21H26N2O5. The van der Waals surface area contributed by atoms with E-state index in [0.29, 0.717) is 36.0 Å². The number of methoxy groups -OCH3 is 2. The maximum atomic E-state index is 12.6. The van der Waals surface area contributed by atoms with Crippen LogP contribution in [0.2, 0.25) is 0 Å². The van der Waals surface area contributed by atoms with E-state index in [-0.39, 0.29) is 5.91 Å². The van der Waals surface area contributed by atoms with Gasteiger partial charge in [-0.05, 0) is 36.4 Å². The Balaban J connectivity index is 1.65. The van der Waals surface area contributed by atoms with Crippen molar-refractivity contribution in [3.63, 3.8) is 0 Å². The van der Waals surface area contributed by atoms with Crippen molar-refractivity contribution in [1.82, 2.24) is 0 Å². The highest BCUT2D eigenvalue weighted by atomic mass is 16.5. The summed E-state index contributed by atoms with van der Waals surface area (Å²) in [6.45, 7) is 4.05. The Kier molecular flexibility index (Phi) is 7.11. The molecule has 1 aliphatic heterocycles. The minimum atomic E-state index is -0.179. The van der Waals surface area contributed by atoms with E-state index in [1.807, 2.05) is 24.3 Å². The molecule has 0 saturated carbocycles. The number of carbonyl (C=O) groups excluding carboxylic acids is 1. The van der Waals surface area contributed by atoms with Gasteiger partial charge in [0, 0.05) is 43.2 Å². The molecule has 0 radical (unpaired) electrons. The second-order valence-corrected chi connectivity index (χ2v) is 6.31. The predicted molar refractivity (Wildman–Crippen MR) is 108 cm³/mol. The third-order valence-corrected chi connectivity index (χ3v) is 4.47. The minimum absolute atomic E-state index is 0.179. The molecule has 0 spiro atoms. The van der Waals surface area contributed by atoms with Gasteiger partial charge in [-0.3, -0.25) is 4.79 Å². The van der Waals surface area contributed by atoms with Crippen molar-refractivity contribution in [3.8, 4) is 11.5 Å². The number of rotatable bonds is 8. The van der Waals surface area contributed by atoms with Gasteiger partial charge in [-0.15, -0.1) is 0 Å². The molecule has 1 N–H and O–H groups in total. The van der Waals surface area contributed by atoms with Crippen LogP contribution < -0.4 is 19.7 Å². The van der Waals surface area contributed by atoms with E-state index in [1.54, 1.807) is 32.4 Å². The first-order valence-electron chi connectivity index (χ1n) is 9.25. The quantitative estimate of drug-likeness (QED) is 0.704. The number of anilines is 2. The zero-order valence-corrected chi connectivity index (χ0v) is 16.3. The Labute approximate surface area is 165 Å². The molecule has 7 nitrogen and oxygen atoms in total. The monoisotopic (exact) mass is 386 g/mol. The summed E-state index contributed by atoms with van der Waals surface area (Å²) in [4.78, 5) is 14.8. The van der Waals surface area contributed by atoms with Gasteiger partial charge in [0.25, 0.3) is 5.91 Å². The number of nitrogens with one attached hydrogen (secondary N) is 1. The third-order valence-electron chi connectivity index (χ3n) is 4.47. The lowest BCUT2D eigenvalue weighted by atomic mass is 10.1. The Bertz CT molecular complexity index is 773. The standard InChI is InChI=1S/C21H26N2O5/c1-25-13-14-28-20-15-17(5-8-19(20)26-2)22-21(24)16-3-6-18(7-4-16)23-9-11-27-12-10-23/h3-8,15H,9-14H2,1-2H3,(H,22,24). The van der Waals surface area contributed by atoms with Gasteiger partial charge in [-0.2, -0.15) is 0 Å². The third kappa shape index (κ3) is 5.15. The Morgan fingerprint density at radius 2 is 1.79 bits per heavy atom. The molecule has 1 fully saturated rings. The smallest absolute Gasteiger partial charge is 0.255 e. The van der Waals surface area contributed by atoms with Gasteiger partial charge >= 0.3 is 0 Å². The van der Waals surface area contributed by atoms with E-state index in [2.05, 4.69) is 10.2 Å². The molecule has 2 aromatic carbocycles. The zero-order valence-electron chi connectivity index (χ0n) is 16.3. The molecule has 150 valence electrons. The topological polar surface area (TPSA) is 69.3 Å². The number of amides is 1. The number of morpholine rings is 1. The lowest BCUT2D eigenvalue weighted by molar-refractivity contribution is 0.102. The molecule has 0 bridgehead atoms. The van der Waals surface area contributed by atoms with Crippen LogP contribution in [0.5, 0.6) is 11.5 Å². The maximum absolute atomic E-state index is 12.6. The number of hydrogen-bond acceptors (Lipinski definition) is 6. The molecule has 1 heterocycles. The van der Waals surface area contributed by atoms with Gasteiger partial charge < -0.3 is 29.2 Å². The first-order valence-corrected chi connectivity index (χ1v) is 9.25. The lowest BCUT2D eigenvalue weighted by Crippen LogP contribution is -2.36. The average Bonchev–Trinajstić information content (AvgIpc) is 2.75. The van der Waals surface area contributed by atoms with Crippen LogP contribution in [0.1, 0.15) is 10.4 Å². The molecule has 0 unspecified atom stereocenters. The van der Waals surface area contributed by atoms with E-state index >= 15 is 0 Å². The lowest BCUT2D eigenvalue weighted by Gasteiger charge is -2.28. The van der Waals surface area contributed by atoms with Crippen LogP contribution in [-0.4, -0.2) is 59.6 Å². The van der Waals surface area contributed by atoms with Crippen molar-refractivity contribution in [1.29, 1.82) is 0 Å². The molecule has 1 saturated heterocycles. The van der Waals surface area contributed by atoms with E-state index in [4.69, 9.17) is 18.9 Å². The molecule has 0 aliphatic carbocycles. The van der Waals surface area contributed by atoms with Crippen molar-refractivity contribution in [2.75, 3.05) is 64.0 Å². The molecular weight excluding hydrogens is 360 g/mol. The second kappa shape index (κ2) is 9.96. The zero-order chi connectivity index (χ0) is 19.8. The second-order valence-electron chi connectivity index (χ2n) is 6.31. The maximum Gasteiger partial charge on any atom is 0.255 e. The van der Waals surface area contributed by atoms with E-state index < -0.39 is 0 Å².